The summed E-state index contributed by atoms with van der Waals surface area (Å²) in [6.07, 6.45) is 4.01. The van der Waals surface area contributed by atoms with Gasteiger partial charge in [0.05, 0.1) is 6.10 Å². The van der Waals surface area contributed by atoms with Gasteiger partial charge in [-0.1, -0.05) is 12.1 Å². The van der Waals surface area contributed by atoms with Gasteiger partial charge >= 0.3 is 0 Å². The van der Waals surface area contributed by atoms with Crippen molar-refractivity contribution < 1.29 is 4.74 Å². The normalized spacial score (nSPS) is 22.3. The average molecular weight is 260 g/mol. The van der Waals surface area contributed by atoms with Gasteiger partial charge in [-0.15, -0.1) is 0 Å². The fourth-order valence-electron chi connectivity index (χ4n) is 3.24. The van der Waals surface area contributed by atoms with Crippen molar-refractivity contribution >= 4 is 5.69 Å². The molecule has 0 saturated carbocycles. The first-order valence-electron chi connectivity index (χ1n) is 7.56. The van der Waals surface area contributed by atoms with Crippen molar-refractivity contribution in [2.24, 2.45) is 0 Å². The second-order valence-corrected chi connectivity index (χ2v) is 5.52. The van der Waals surface area contributed by atoms with Crippen LogP contribution in [0.25, 0.3) is 0 Å². The molecule has 0 radical (unpaired) electrons. The molecule has 0 spiro atoms. The molecular weight excluding hydrogens is 236 g/mol. The van der Waals surface area contributed by atoms with Crippen LogP contribution in [0.4, 0.5) is 5.69 Å². The van der Waals surface area contributed by atoms with E-state index in [1.807, 2.05) is 0 Å². The molecule has 0 bridgehead atoms. The second kappa shape index (κ2) is 5.93. The lowest BCUT2D eigenvalue weighted by Gasteiger charge is -2.30. The molecule has 0 amide bonds. The van der Waals surface area contributed by atoms with Crippen molar-refractivity contribution in [3.8, 4) is 0 Å². The van der Waals surface area contributed by atoms with Crippen LogP contribution in [0.5, 0.6) is 0 Å². The molecular formula is C16H24N2O. The van der Waals surface area contributed by atoms with E-state index < -0.39 is 0 Å². The Labute approximate surface area is 115 Å². The Balaban J connectivity index is 1.81. The summed E-state index contributed by atoms with van der Waals surface area (Å²) in [5, 5.41) is 3.46. The Morgan fingerprint density at radius 3 is 3.16 bits per heavy atom. The number of benzene rings is 1. The summed E-state index contributed by atoms with van der Waals surface area (Å²) in [4.78, 5) is 2.50. The minimum atomic E-state index is 0.428. The molecule has 3 rings (SSSR count). The smallest absolute Gasteiger partial charge is 0.0750 e. The van der Waals surface area contributed by atoms with E-state index in [0.29, 0.717) is 6.10 Å². The molecule has 19 heavy (non-hydrogen) atoms. The van der Waals surface area contributed by atoms with Crippen LogP contribution >= 0.6 is 0 Å². The maximum absolute atomic E-state index is 5.80. The SMILES string of the molecule is CCN(CC1CCCO1)c1cccc2c1CCNC2. The second-order valence-electron chi connectivity index (χ2n) is 5.52. The molecule has 2 aliphatic rings. The molecule has 3 heteroatoms. The number of hydrogen-bond donors (Lipinski definition) is 1. The number of rotatable bonds is 4. The fourth-order valence-corrected chi connectivity index (χ4v) is 3.24. The molecule has 3 nitrogen and oxygen atoms in total. The first-order chi connectivity index (χ1) is 9.38. The zero-order valence-corrected chi connectivity index (χ0v) is 11.8. The summed E-state index contributed by atoms with van der Waals surface area (Å²) >= 11 is 0. The van der Waals surface area contributed by atoms with Crippen LogP contribution in [0.3, 0.4) is 0 Å². The van der Waals surface area contributed by atoms with E-state index >= 15 is 0 Å². The summed E-state index contributed by atoms with van der Waals surface area (Å²) in [5.74, 6) is 0. The van der Waals surface area contributed by atoms with Gasteiger partial charge in [0.15, 0.2) is 0 Å². The molecule has 1 saturated heterocycles. The van der Waals surface area contributed by atoms with Crippen molar-refractivity contribution in [2.75, 3.05) is 31.1 Å². The molecule has 2 heterocycles. The third-order valence-electron chi connectivity index (χ3n) is 4.29. The van der Waals surface area contributed by atoms with Crippen LogP contribution < -0.4 is 10.2 Å². The molecule has 0 aliphatic carbocycles. The Morgan fingerprint density at radius 2 is 2.37 bits per heavy atom. The van der Waals surface area contributed by atoms with Gasteiger partial charge in [0.1, 0.15) is 0 Å². The predicted octanol–water partition coefficient (Wildman–Crippen LogP) is 2.34. The zero-order chi connectivity index (χ0) is 13.1. The molecule has 1 aromatic carbocycles. The van der Waals surface area contributed by atoms with Crippen molar-refractivity contribution in [2.45, 2.75) is 38.8 Å². The van der Waals surface area contributed by atoms with Crippen LogP contribution in [0.2, 0.25) is 0 Å². The molecule has 1 aromatic rings. The predicted molar refractivity (Wildman–Crippen MR) is 78.7 cm³/mol. The quantitative estimate of drug-likeness (QED) is 0.899. The lowest BCUT2D eigenvalue weighted by molar-refractivity contribution is 0.115. The van der Waals surface area contributed by atoms with Crippen molar-refractivity contribution in [3.05, 3.63) is 29.3 Å². The van der Waals surface area contributed by atoms with Gasteiger partial charge in [-0.3, -0.25) is 0 Å². The van der Waals surface area contributed by atoms with Gasteiger partial charge in [-0.25, -0.2) is 0 Å². The zero-order valence-electron chi connectivity index (χ0n) is 11.8. The number of likely N-dealkylation sites (N-methyl/N-ethyl adjacent to an activating group) is 1. The number of hydrogen-bond acceptors (Lipinski definition) is 3. The molecule has 1 atom stereocenters. The summed E-state index contributed by atoms with van der Waals surface area (Å²) in [6.45, 7) is 7.40. The van der Waals surface area contributed by atoms with E-state index in [1.54, 1.807) is 5.56 Å². The van der Waals surface area contributed by atoms with Crippen LogP contribution in [0, 0.1) is 0 Å². The van der Waals surface area contributed by atoms with Crippen molar-refractivity contribution in [1.82, 2.24) is 5.32 Å². The highest BCUT2D eigenvalue weighted by molar-refractivity contribution is 5.57. The van der Waals surface area contributed by atoms with Gasteiger partial charge in [-0.2, -0.15) is 0 Å². The lowest BCUT2D eigenvalue weighted by atomic mass is 9.98. The van der Waals surface area contributed by atoms with E-state index in [2.05, 4.69) is 35.3 Å². The minimum Gasteiger partial charge on any atom is -0.376 e. The standard InChI is InChI=1S/C16H24N2O/c1-2-18(12-14-6-4-10-19-14)16-7-3-5-13-11-17-9-8-15(13)16/h3,5,7,14,17H,2,4,6,8-12H2,1H3. The Hall–Kier alpha value is -1.06. The number of anilines is 1. The van der Waals surface area contributed by atoms with E-state index in [4.69, 9.17) is 4.74 Å². The highest BCUT2D eigenvalue weighted by Gasteiger charge is 2.21. The molecule has 2 aliphatic heterocycles. The number of nitrogens with zero attached hydrogens (tertiary/aromatic N) is 1. The Kier molecular flexibility index (Phi) is 4.04. The van der Waals surface area contributed by atoms with Gasteiger partial charge in [0.2, 0.25) is 0 Å². The van der Waals surface area contributed by atoms with E-state index in [-0.39, 0.29) is 0 Å². The fraction of sp³-hybridized carbons (Fsp3) is 0.625. The summed E-state index contributed by atoms with van der Waals surface area (Å²) < 4.78 is 5.80. The van der Waals surface area contributed by atoms with Gasteiger partial charge in [0.25, 0.3) is 0 Å². The highest BCUT2D eigenvalue weighted by Crippen LogP contribution is 2.27. The molecule has 0 aromatic heterocycles. The minimum absolute atomic E-state index is 0.428. The van der Waals surface area contributed by atoms with Crippen LogP contribution in [-0.4, -0.2) is 32.3 Å². The van der Waals surface area contributed by atoms with Crippen LogP contribution in [0.15, 0.2) is 18.2 Å². The van der Waals surface area contributed by atoms with Crippen molar-refractivity contribution in [1.29, 1.82) is 0 Å². The van der Waals surface area contributed by atoms with Crippen molar-refractivity contribution in [3.63, 3.8) is 0 Å². The first-order valence-corrected chi connectivity index (χ1v) is 7.56. The Bertz CT molecular complexity index is 427. The lowest BCUT2D eigenvalue weighted by Crippen LogP contribution is -2.34. The number of ether oxygens (including phenoxy) is 1. The molecule has 1 fully saturated rings. The third-order valence-corrected chi connectivity index (χ3v) is 4.29. The number of fused-ring (bicyclic) bond motifs is 1. The van der Waals surface area contributed by atoms with Gasteiger partial charge in [-0.05, 0) is 49.9 Å². The molecule has 1 unspecified atom stereocenters. The van der Waals surface area contributed by atoms with E-state index in [1.165, 1.54) is 24.1 Å². The topological polar surface area (TPSA) is 24.5 Å². The monoisotopic (exact) mass is 260 g/mol. The van der Waals surface area contributed by atoms with E-state index in [0.717, 1.165) is 39.2 Å². The number of nitrogens with one attached hydrogen (secondary N) is 1. The van der Waals surface area contributed by atoms with Crippen LogP contribution in [0.1, 0.15) is 30.9 Å². The average Bonchev–Trinajstić information content (AvgIpc) is 2.97. The van der Waals surface area contributed by atoms with Gasteiger partial charge in [0, 0.05) is 31.9 Å². The summed E-state index contributed by atoms with van der Waals surface area (Å²) in [5.41, 5.74) is 4.44. The van der Waals surface area contributed by atoms with E-state index in [9.17, 15) is 0 Å². The molecule has 1 N–H and O–H groups in total. The molecule has 104 valence electrons. The first kappa shape index (κ1) is 12.9. The summed E-state index contributed by atoms with van der Waals surface area (Å²) in [7, 11) is 0. The van der Waals surface area contributed by atoms with Crippen LogP contribution in [-0.2, 0) is 17.7 Å². The maximum atomic E-state index is 5.80. The maximum Gasteiger partial charge on any atom is 0.0750 e. The summed E-state index contributed by atoms with van der Waals surface area (Å²) in [6, 6.07) is 6.73. The Morgan fingerprint density at radius 1 is 1.42 bits per heavy atom. The highest BCUT2D eigenvalue weighted by atomic mass is 16.5. The van der Waals surface area contributed by atoms with Gasteiger partial charge < -0.3 is 15.0 Å². The largest absolute Gasteiger partial charge is 0.376 e. The third kappa shape index (κ3) is 2.77.